The van der Waals surface area contributed by atoms with Crippen molar-refractivity contribution in [2.75, 3.05) is 14.2 Å². The van der Waals surface area contributed by atoms with E-state index >= 15 is 0 Å². The molecule has 0 saturated carbocycles. The van der Waals surface area contributed by atoms with Gasteiger partial charge in [0.2, 0.25) is 11.2 Å². The number of aromatic hydroxyl groups is 3. The fraction of sp³-hybridized carbons (Fsp3) is 0.118. The Labute approximate surface area is 135 Å². The van der Waals surface area contributed by atoms with E-state index in [2.05, 4.69) is 0 Å². The minimum absolute atomic E-state index is 0.00401. The molecule has 7 heteroatoms. The van der Waals surface area contributed by atoms with Gasteiger partial charge in [-0.1, -0.05) is 0 Å². The molecule has 0 bridgehead atoms. The van der Waals surface area contributed by atoms with Gasteiger partial charge in [0.15, 0.2) is 5.76 Å². The van der Waals surface area contributed by atoms with Crippen LogP contribution in [-0.2, 0) is 0 Å². The van der Waals surface area contributed by atoms with Gasteiger partial charge < -0.3 is 29.2 Å². The molecule has 0 unspecified atom stereocenters. The van der Waals surface area contributed by atoms with Crippen molar-refractivity contribution < 1.29 is 29.2 Å². The van der Waals surface area contributed by atoms with Crippen LogP contribution in [-0.4, -0.2) is 29.5 Å². The van der Waals surface area contributed by atoms with Crippen LogP contribution in [0.15, 0.2) is 39.5 Å². The smallest absolute Gasteiger partial charge is 0.238 e. The molecule has 3 aromatic rings. The molecule has 1 aromatic heterocycles. The predicted octanol–water partition coefficient (Wildman–Crippen LogP) is 2.59. The highest BCUT2D eigenvalue weighted by Gasteiger charge is 2.21. The van der Waals surface area contributed by atoms with Gasteiger partial charge >= 0.3 is 0 Å². The van der Waals surface area contributed by atoms with Gasteiger partial charge in [-0.3, -0.25) is 4.79 Å². The Bertz CT molecular complexity index is 988. The Kier molecular flexibility index (Phi) is 3.69. The number of rotatable bonds is 3. The molecule has 0 saturated heterocycles. The number of benzene rings is 2. The van der Waals surface area contributed by atoms with Crippen molar-refractivity contribution in [1.29, 1.82) is 0 Å². The molecule has 0 aliphatic carbocycles. The molecule has 0 amide bonds. The molecule has 3 N–H and O–H groups in total. The second-order valence-corrected chi connectivity index (χ2v) is 5.01. The maximum atomic E-state index is 12.5. The molecule has 7 nitrogen and oxygen atoms in total. The standard InChI is InChI=1S/C17H14O7/c1-22-11-4-3-8(18)5-10(11)17-16(21)15(20)14-12(23-2)6-9(19)7-13(14)24-17/h3-7,18-19,21H,1-2H3. The van der Waals surface area contributed by atoms with Gasteiger partial charge in [0.1, 0.15) is 34.0 Å². The zero-order valence-electron chi connectivity index (χ0n) is 12.9. The molecule has 2 aromatic carbocycles. The second kappa shape index (κ2) is 5.69. The number of phenolic OH excluding ortho intramolecular Hbond substituents is 2. The van der Waals surface area contributed by atoms with Crippen LogP contribution in [0.2, 0.25) is 0 Å². The number of ether oxygens (including phenoxy) is 2. The average molecular weight is 330 g/mol. The summed E-state index contributed by atoms with van der Waals surface area (Å²) in [6.07, 6.45) is 0. The highest BCUT2D eigenvalue weighted by molar-refractivity contribution is 5.89. The average Bonchev–Trinajstić information content (AvgIpc) is 2.57. The lowest BCUT2D eigenvalue weighted by molar-refractivity contribution is 0.405. The Morgan fingerprint density at radius 3 is 2.29 bits per heavy atom. The van der Waals surface area contributed by atoms with E-state index in [4.69, 9.17) is 13.9 Å². The summed E-state index contributed by atoms with van der Waals surface area (Å²) in [6.45, 7) is 0. The molecule has 0 aliphatic rings. The quantitative estimate of drug-likeness (QED) is 0.677. The monoisotopic (exact) mass is 330 g/mol. The van der Waals surface area contributed by atoms with Crippen LogP contribution in [0.5, 0.6) is 28.7 Å². The number of hydrogen-bond donors (Lipinski definition) is 3. The molecule has 0 spiro atoms. The first-order chi connectivity index (χ1) is 11.5. The first-order valence-electron chi connectivity index (χ1n) is 6.90. The number of methoxy groups -OCH3 is 2. The van der Waals surface area contributed by atoms with Crippen molar-refractivity contribution in [3.8, 4) is 40.1 Å². The summed E-state index contributed by atoms with van der Waals surface area (Å²) in [6, 6.07) is 6.64. The van der Waals surface area contributed by atoms with Crippen molar-refractivity contribution in [2.24, 2.45) is 0 Å². The molecule has 3 rings (SSSR count). The SMILES string of the molecule is COc1ccc(O)cc1-c1oc2cc(O)cc(OC)c2c(=O)c1O. The van der Waals surface area contributed by atoms with E-state index in [1.807, 2.05) is 0 Å². The fourth-order valence-corrected chi connectivity index (χ4v) is 2.48. The Morgan fingerprint density at radius 2 is 1.62 bits per heavy atom. The van der Waals surface area contributed by atoms with E-state index in [9.17, 15) is 20.1 Å². The molecular formula is C17H14O7. The lowest BCUT2D eigenvalue weighted by atomic mass is 10.1. The van der Waals surface area contributed by atoms with Gasteiger partial charge in [0.25, 0.3) is 0 Å². The summed E-state index contributed by atoms with van der Waals surface area (Å²) in [5, 5.41) is 29.7. The van der Waals surface area contributed by atoms with E-state index in [-0.39, 0.29) is 45.3 Å². The lowest BCUT2D eigenvalue weighted by Crippen LogP contribution is -2.05. The van der Waals surface area contributed by atoms with E-state index in [1.54, 1.807) is 0 Å². The normalized spacial score (nSPS) is 10.8. The maximum Gasteiger partial charge on any atom is 0.238 e. The van der Waals surface area contributed by atoms with Crippen molar-refractivity contribution in [3.63, 3.8) is 0 Å². The first-order valence-corrected chi connectivity index (χ1v) is 6.90. The number of fused-ring (bicyclic) bond motifs is 1. The van der Waals surface area contributed by atoms with Crippen LogP contribution in [0.4, 0.5) is 0 Å². The van der Waals surface area contributed by atoms with Crippen molar-refractivity contribution in [3.05, 3.63) is 40.6 Å². The summed E-state index contributed by atoms with van der Waals surface area (Å²) in [5.41, 5.74) is -0.514. The van der Waals surface area contributed by atoms with E-state index in [0.29, 0.717) is 0 Å². The molecule has 1 heterocycles. The summed E-state index contributed by atoms with van der Waals surface area (Å²) in [4.78, 5) is 12.5. The van der Waals surface area contributed by atoms with Gasteiger partial charge in [0.05, 0.1) is 19.8 Å². The summed E-state index contributed by atoms with van der Waals surface area (Å²) in [7, 11) is 2.73. The molecule has 124 valence electrons. The van der Waals surface area contributed by atoms with Crippen LogP contribution in [0.25, 0.3) is 22.3 Å². The van der Waals surface area contributed by atoms with E-state index in [0.717, 1.165) is 0 Å². The number of phenols is 2. The minimum atomic E-state index is -0.728. The summed E-state index contributed by atoms with van der Waals surface area (Å²) >= 11 is 0. The number of hydrogen-bond acceptors (Lipinski definition) is 7. The molecular weight excluding hydrogens is 316 g/mol. The van der Waals surface area contributed by atoms with E-state index in [1.165, 1.54) is 44.6 Å². The van der Waals surface area contributed by atoms with Gasteiger partial charge in [-0.05, 0) is 18.2 Å². The summed E-state index contributed by atoms with van der Waals surface area (Å²) in [5.74, 6) is -0.743. The highest BCUT2D eigenvalue weighted by atomic mass is 16.5. The summed E-state index contributed by atoms with van der Waals surface area (Å²) < 4.78 is 15.8. The zero-order valence-corrected chi connectivity index (χ0v) is 12.9. The van der Waals surface area contributed by atoms with Crippen LogP contribution in [0, 0.1) is 0 Å². The molecule has 0 fully saturated rings. The van der Waals surface area contributed by atoms with Gasteiger partial charge in [-0.25, -0.2) is 0 Å². The largest absolute Gasteiger partial charge is 0.508 e. The second-order valence-electron chi connectivity index (χ2n) is 5.01. The predicted molar refractivity (Wildman–Crippen MR) is 86.0 cm³/mol. The minimum Gasteiger partial charge on any atom is -0.508 e. The van der Waals surface area contributed by atoms with Gasteiger partial charge in [0, 0.05) is 12.1 Å². The molecule has 0 aliphatic heterocycles. The zero-order chi connectivity index (χ0) is 17.4. The fourth-order valence-electron chi connectivity index (χ4n) is 2.48. The topological polar surface area (TPSA) is 109 Å². The van der Waals surface area contributed by atoms with Crippen LogP contribution in [0.1, 0.15) is 0 Å². The maximum absolute atomic E-state index is 12.5. The Balaban J connectivity index is 2.42. The Hall–Kier alpha value is -3.35. The molecule has 24 heavy (non-hydrogen) atoms. The Morgan fingerprint density at radius 1 is 0.917 bits per heavy atom. The van der Waals surface area contributed by atoms with Crippen LogP contribution < -0.4 is 14.9 Å². The third-order valence-corrected chi connectivity index (χ3v) is 3.57. The van der Waals surface area contributed by atoms with Crippen molar-refractivity contribution in [2.45, 2.75) is 0 Å². The van der Waals surface area contributed by atoms with Crippen molar-refractivity contribution in [1.82, 2.24) is 0 Å². The lowest BCUT2D eigenvalue weighted by Gasteiger charge is -2.12. The third-order valence-electron chi connectivity index (χ3n) is 3.57. The van der Waals surface area contributed by atoms with Crippen LogP contribution >= 0.6 is 0 Å². The van der Waals surface area contributed by atoms with E-state index < -0.39 is 11.2 Å². The van der Waals surface area contributed by atoms with Gasteiger partial charge in [-0.2, -0.15) is 0 Å². The first kappa shape index (κ1) is 15.5. The molecule has 0 atom stereocenters. The van der Waals surface area contributed by atoms with Gasteiger partial charge in [-0.15, -0.1) is 0 Å². The third kappa shape index (κ3) is 2.36. The molecule has 0 radical (unpaired) electrons. The van der Waals surface area contributed by atoms with Crippen LogP contribution in [0.3, 0.4) is 0 Å². The highest BCUT2D eigenvalue weighted by Crippen LogP contribution is 2.40. The van der Waals surface area contributed by atoms with Crippen molar-refractivity contribution >= 4 is 11.0 Å².